The van der Waals surface area contributed by atoms with Crippen LogP contribution in [0.2, 0.25) is 0 Å². The first-order valence-electron chi connectivity index (χ1n) is 5.84. The van der Waals surface area contributed by atoms with Gasteiger partial charge in [-0.05, 0) is 38.0 Å². The molecule has 96 valence electrons. The highest BCUT2D eigenvalue weighted by Crippen LogP contribution is 2.26. The van der Waals surface area contributed by atoms with Gasteiger partial charge in [-0.25, -0.2) is 4.98 Å². The summed E-state index contributed by atoms with van der Waals surface area (Å²) in [5.41, 5.74) is 3.15. The van der Waals surface area contributed by atoms with E-state index >= 15 is 0 Å². The zero-order valence-electron chi connectivity index (χ0n) is 10.7. The van der Waals surface area contributed by atoms with Gasteiger partial charge < -0.3 is 5.11 Å². The van der Waals surface area contributed by atoms with Gasteiger partial charge in [-0.15, -0.1) is 11.3 Å². The van der Waals surface area contributed by atoms with Crippen molar-refractivity contribution in [2.45, 2.75) is 33.3 Å². The van der Waals surface area contributed by atoms with Gasteiger partial charge in [-0.1, -0.05) is 28.1 Å². The van der Waals surface area contributed by atoms with Crippen LogP contribution in [0.15, 0.2) is 22.7 Å². The third-order valence-electron chi connectivity index (χ3n) is 3.01. The summed E-state index contributed by atoms with van der Waals surface area (Å²) in [6, 6.07) is 5.95. The van der Waals surface area contributed by atoms with Crippen molar-refractivity contribution in [1.29, 1.82) is 0 Å². The minimum absolute atomic E-state index is 0.484. The molecule has 0 fully saturated rings. The van der Waals surface area contributed by atoms with Crippen LogP contribution in [0.4, 0.5) is 0 Å². The highest BCUT2D eigenvalue weighted by Gasteiger charge is 2.13. The second-order valence-corrected chi connectivity index (χ2v) is 6.62. The second-order valence-electron chi connectivity index (χ2n) is 4.48. The lowest BCUT2D eigenvalue weighted by Gasteiger charge is -2.10. The van der Waals surface area contributed by atoms with E-state index in [1.54, 1.807) is 11.3 Å². The molecule has 2 rings (SSSR count). The van der Waals surface area contributed by atoms with Gasteiger partial charge in [0.2, 0.25) is 0 Å². The molecule has 2 aromatic rings. The Balaban J connectivity index is 2.16. The van der Waals surface area contributed by atoms with Gasteiger partial charge in [-0.2, -0.15) is 0 Å². The number of rotatable bonds is 3. The van der Waals surface area contributed by atoms with E-state index in [-0.39, 0.29) is 0 Å². The predicted octanol–water partition coefficient (Wildman–Crippen LogP) is 4.11. The molecular weight excluding hydrogens is 310 g/mol. The summed E-state index contributed by atoms with van der Waals surface area (Å²) in [7, 11) is 0. The average molecular weight is 326 g/mol. The molecule has 0 spiro atoms. The standard InChI is InChI=1S/C14H16BrNOS/c1-8-6-11(4-5-12(8)15)13(17)7-14-16-9(2)10(3)18-14/h4-6,13,17H,7H2,1-3H3. The smallest absolute Gasteiger partial charge is 0.0960 e. The Morgan fingerprint density at radius 3 is 2.61 bits per heavy atom. The molecule has 1 aromatic heterocycles. The van der Waals surface area contributed by atoms with Crippen LogP contribution in [0, 0.1) is 20.8 Å². The molecular formula is C14H16BrNOS. The lowest BCUT2D eigenvalue weighted by Crippen LogP contribution is -2.02. The van der Waals surface area contributed by atoms with Crippen molar-refractivity contribution < 1.29 is 5.11 Å². The van der Waals surface area contributed by atoms with Gasteiger partial charge in [0.25, 0.3) is 0 Å². The Labute approximate surface area is 120 Å². The summed E-state index contributed by atoms with van der Waals surface area (Å²) in [4.78, 5) is 5.69. The summed E-state index contributed by atoms with van der Waals surface area (Å²) in [5.74, 6) is 0. The first-order valence-corrected chi connectivity index (χ1v) is 7.45. The molecule has 4 heteroatoms. The molecule has 1 atom stereocenters. The molecule has 1 aromatic carbocycles. The number of hydrogen-bond acceptors (Lipinski definition) is 3. The number of benzene rings is 1. The highest BCUT2D eigenvalue weighted by atomic mass is 79.9. The van der Waals surface area contributed by atoms with E-state index in [9.17, 15) is 5.11 Å². The van der Waals surface area contributed by atoms with Crippen molar-refractivity contribution in [3.63, 3.8) is 0 Å². The lowest BCUT2D eigenvalue weighted by molar-refractivity contribution is 0.178. The van der Waals surface area contributed by atoms with Gasteiger partial charge >= 0.3 is 0 Å². The van der Waals surface area contributed by atoms with E-state index in [1.807, 2.05) is 32.0 Å². The second kappa shape index (κ2) is 5.51. The number of aliphatic hydroxyl groups is 1. The molecule has 0 aliphatic carbocycles. The third-order valence-corrected chi connectivity index (χ3v) is 4.99. The molecule has 1 heterocycles. The van der Waals surface area contributed by atoms with Crippen molar-refractivity contribution in [3.8, 4) is 0 Å². The van der Waals surface area contributed by atoms with Gasteiger partial charge in [0, 0.05) is 15.8 Å². The molecule has 0 bridgehead atoms. The first kappa shape index (κ1) is 13.7. The maximum atomic E-state index is 10.2. The fourth-order valence-corrected chi connectivity index (χ4v) is 3.00. The number of hydrogen-bond donors (Lipinski definition) is 1. The highest BCUT2D eigenvalue weighted by molar-refractivity contribution is 9.10. The van der Waals surface area contributed by atoms with E-state index in [4.69, 9.17) is 0 Å². The monoisotopic (exact) mass is 325 g/mol. The van der Waals surface area contributed by atoms with E-state index in [0.29, 0.717) is 6.42 Å². The Morgan fingerprint density at radius 2 is 2.06 bits per heavy atom. The van der Waals surface area contributed by atoms with Crippen molar-refractivity contribution in [3.05, 3.63) is 49.4 Å². The number of aromatic nitrogens is 1. The normalized spacial score (nSPS) is 12.7. The molecule has 1 N–H and O–H groups in total. The van der Waals surface area contributed by atoms with Gasteiger partial charge in [0.1, 0.15) is 0 Å². The van der Waals surface area contributed by atoms with E-state index in [2.05, 4.69) is 27.8 Å². The Morgan fingerprint density at radius 1 is 1.33 bits per heavy atom. The van der Waals surface area contributed by atoms with E-state index in [1.165, 1.54) is 4.88 Å². The van der Waals surface area contributed by atoms with Crippen LogP contribution in [0.5, 0.6) is 0 Å². The zero-order valence-corrected chi connectivity index (χ0v) is 13.1. The maximum Gasteiger partial charge on any atom is 0.0960 e. The Bertz CT molecular complexity index is 545. The van der Waals surface area contributed by atoms with Crippen molar-refractivity contribution in [2.24, 2.45) is 0 Å². The van der Waals surface area contributed by atoms with Crippen LogP contribution < -0.4 is 0 Å². The number of nitrogens with zero attached hydrogens (tertiary/aromatic N) is 1. The van der Waals surface area contributed by atoms with Crippen LogP contribution in [-0.2, 0) is 6.42 Å². The fourth-order valence-electron chi connectivity index (χ4n) is 1.78. The molecule has 2 nitrogen and oxygen atoms in total. The quantitative estimate of drug-likeness (QED) is 0.921. The number of halogens is 1. The van der Waals surface area contributed by atoms with Crippen molar-refractivity contribution in [1.82, 2.24) is 4.98 Å². The Kier molecular flexibility index (Phi) is 4.20. The van der Waals surface area contributed by atoms with Gasteiger partial charge in [-0.3, -0.25) is 0 Å². The fraction of sp³-hybridized carbons (Fsp3) is 0.357. The molecule has 18 heavy (non-hydrogen) atoms. The van der Waals surface area contributed by atoms with E-state index < -0.39 is 6.10 Å². The van der Waals surface area contributed by atoms with Crippen LogP contribution in [0.3, 0.4) is 0 Å². The van der Waals surface area contributed by atoms with Crippen LogP contribution in [-0.4, -0.2) is 10.1 Å². The SMILES string of the molecule is Cc1cc(C(O)Cc2nc(C)c(C)s2)ccc1Br. The minimum atomic E-state index is -0.484. The van der Waals surface area contributed by atoms with Crippen LogP contribution in [0.1, 0.15) is 32.8 Å². The number of aryl methyl sites for hydroxylation is 3. The molecule has 0 aliphatic rings. The minimum Gasteiger partial charge on any atom is -0.388 e. The maximum absolute atomic E-state index is 10.2. The molecule has 0 saturated heterocycles. The zero-order chi connectivity index (χ0) is 13.3. The largest absolute Gasteiger partial charge is 0.388 e. The molecule has 1 unspecified atom stereocenters. The van der Waals surface area contributed by atoms with Gasteiger partial charge in [0.15, 0.2) is 0 Å². The van der Waals surface area contributed by atoms with Crippen LogP contribution >= 0.6 is 27.3 Å². The topological polar surface area (TPSA) is 33.1 Å². The Hall–Kier alpha value is -0.710. The summed E-state index contributed by atoms with van der Waals surface area (Å²) in [5, 5.41) is 11.2. The number of thiazole rings is 1. The van der Waals surface area contributed by atoms with Crippen molar-refractivity contribution in [2.75, 3.05) is 0 Å². The number of aliphatic hydroxyl groups excluding tert-OH is 1. The lowest BCUT2D eigenvalue weighted by atomic mass is 10.0. The summed E-state index contributed by atoms with van der Waals surface area (Å²) in [6.07, 6.45) is 0.0993. The predicted molar refractivity (Wildman–Crippen MR) is 79.1 cm³/mol. The first-order chi connectivity index (χ1) is 8.47. The molecule has 0 saturated carbocycles. The summed E-state index contributed by atoms with van der Waals surface area (Å²) in [6.45, 7) is 6.09. The van der Waals surface area contributed by atoms with Gasteiger partial charge in [0.05, 0.1) is 16.8 Å². The van der Waals surface area contributed by atoms with Crippen LogP contribution in [0.25, 0.3) is 0 Å². The molecule has 0 radical (unpaired) electrons. The summed E-state index contributed by atoms with van der Waals surface area (Å²) >= 11 is 5.13. The third kappa shape index (κ3) is 2.99. The van der Waals surface area contributed by atoms with E-state index in [0.717, 1.165) is 26.3 Å². The molecule has 0 aliphatic heterocycles. The summed E-state index contributed by atoms with van der Waals surface area (Å²) < 4.78 is 1.07. The molecule has 0 amide bonds. The average Bonchev–Trinajstić information content (AvgIpc) is 2.61. The van der Waals surface area contributed by atoms with Crippen molar-refractivity contribution >= 4 is 27.3 Å².